The van der Waals surface area contributed by atoms with Crippen LogP contribution in [0.1, 0.15) is 12.5 Å². The summed E-state index contributed by atoms with van der Waals surface area (Å²) < 4.78 is 2.54. The number of halogens is 1. The Morgan fingerprint density at radius 1 is 1.47 bits per heavy atom. The van der Waals surface area contributed by atoms with E-state index in [0.29, 0.717) is 29.5 Å². The molecule has 1 aliphatic rings. The second kappa shape index (κ2) is 3.34. The minimum absolute atomic E-state index is 0.306. The van der Waals surface area contributed by atoms with Crippen LogP contribution in [0.2, 0.25) is 0 Å². The van der Waals surface area contributed by atoms with Gasteiger partial charge >= 0.3 is 5.69 Å². The van der Waals surface area contributed by atoms with Crippen molar-refractivity contribution < 1.29 is 0 Å². The van der Waals surface area contributed by atoms with Crippen molar-refractivity contribution in [2.24, 2.45) is 12.0 Å². The van der Waals surface area contributed by atoms with Gasteiger partial charge in [-0.25, -0.2) is 9.79 Å². The molecule has 0 N–H and O–H groups in total. The van der Waals surface area contributed by atoms with Crippen molar-refractivity contribution in [2.75, 3.05) is 0 Å². The average molecular weight is 228 g/mol. The van der Waals surface area contributed by atoms with Crippen LogP contribution in [-0.4, -0.2) is 14.3 Å². The molecule has 0 aliphatic carbocycles. The number of aromatic nitrogens is 2. The van der Waals surface area contributed by atoms with E-state index in [1.807, 2.05) is 6.92 Å². The first kappa shape index (κ1) is 10.2. The van der Waals surface area contributed by atoms with Crippen LogP contribution in [0, 0.1) is 0 Å². The molecule has 0 fully saturated rings. The van der Waals surface area contributed by atoms with E-state index >= 15 is 0 Å². The Labute approximate surface area is 90.6 Å². The Balaban J connectivity index is 2.89. The summed E-state index contributed by atoms with van der Waals surface area (Å²) >= 11 is 5.77. The summed E-state index contributed by atoms with van der Waals surface area (Å²) in [4.78, 5) is 27.4. The third-order valence-corrected chi connectivity index (χ3v) is 2.69. The third-order valence-electron chi connectivity index (χ3n) is 2.47. The molecular weight excluding hydrogens is 218 g/mol. The van der Waals surface area contributed by atoms with Crippen molar-refractivity contribution in [1.82, 2.24) is 9.13 Å². The topological polar surface area (TPSA) is 56.4 Å². The molecule has 1 aromatic rings. The molecule has 5 nitrogen and oxygen atoms in total. The molecule has 0 saturated heterocycles. The van der Waals surface area contributed by atoms with Crippen molar-refractivity contribution in [3.05, 3.63) is 26.4 Å². The number of aliphatic imine (C=N–C) groups is 1. The lowest BCUT2D eigenvalue weighted by molar-refractivity contribution is 0.629. The van der Waals surface area contributed by atoms with Crippen LogP contribution in [0.25, 0.3) is 0 Å². The van der Waals surface area contributed by atoms with Gasteiger partial charge in [0, 0.05) is 20.0 Å². The van der Waals surface area contributed by atoms with Gasteiger partial charge in [0.2, 0.25) is 0 Å². The van der Waals surface area contributed by atoms with E-state index in [-0.39, 0.29) is 11.2 Å². The van der Waals surface area contributed by atoms with Crippen LogP contribution in [0.5, 0.6) is 0 Å². The van der Waals surface area contributed by atoms with E-state index in [9.17, 15) is 9.59 Å². The second-order valence-corrected chi connectivity index (χ2v) is 3.79. The monoisotopic (exact) mass is 227 g/mol. The molecule has 6 heteroatoms. The lowest BCUT2D eigenvalue weighted by atomic mass is 10.2. The number of rotatable bonds is 1. The molecule has 0 atom stereocenters. The first-order valence-electron chi connectivity index (χ1n) is 4.62. The maximum Gasteiger partial charge on any atom is 0.332 e. The highest BCUT2D eigenvalue weighted by molar-refractivity contribution is 6.66. The molecule has 0 saturated carbocycles. The van der Waals surface area contributed by atoms with Crippen molar-refractivity contribution >= 4 is 22.6 Å². The fourth-order valence-corrected chi connectivity index (χ4v) is 1.90. The number of fused-ring (bicyclic) bond motifs is 1. The molecular formula is C9H10ClN3O2. The standard InChI is InChI=1S/C9H10ClN3O2/c1-3-13-7-5(4-6(10)11-7)8(14)12(2)9(13)15/h3-4H2,1-2H3. The van der Waals surface area contributed by atoms with Gasteiger partial charge in [0.25, 0.3) is 5.56 Å². The Hall–Kier alpha value is -1.36. The minimum atomic E-state index is -0.351. The van der Waals surface area contributed by atoms with Gasteiger partial charge in [-0.3, -0.25) is 13.9 Å². The molecule has 2 rings (SSSR count). The van der Waals surface area contributed by atoms with E-state index in [2.05, 4.69) is 4.99 Å². The van der Waals surface area contributed by atoms with E-state index in [4.69, 9.17) is 11.6 Å². The van der Waals surface area contributed by atoms with Gasteiger partial charge in [-0.1, -0.05) is 11.6 Å². The van der Waals surface area contributed by atoms with Crippen LogP contribution < -0.4 is 11.2 Å². The minimum Gasteiger partial charge on any atom is -0.278 e. The molecule has 0 radical (unpaired) electrons. The molecule has 0 amide bonds. The normalized spacial score (nSPS) is 13.9. The quantitative estimate of drug-likeness (QED) is 0.697. The summed E-state index contributed by atoms with van der Waals surface area (Å²) in [5.74, 6) is 0.413. The first-order chi connectivity index (χ1) is 7.06. The maximum absolute atomic E-state index is 11.7. The van der Waals surface area contributed by atoms with Crippen molar-refractivity contribution in [2.45, 2.75) is 19.9 Å². The fraction of sp³-hybridized carbons (Fsp3) is 0.444. The Morgan fingerprint density at radius 3 is 2.73 bits per heavy atom. The van der Waals surface area contributed by atoms with Crippen LogP contribution >= 0.6 is 11.6 Å². The van der Waals surface area contributed by atoms with Gasteiger partial charge in [0.05, 0.1) is 5.56 Å². The van der Waals surface area contributed by atoms with Gasteiger partial charge < -0.3 is 0 Å². The van der Waals surface area contributed by atoms with E-state index in [0.717, 1.165) is 4.57 Å². The highest BCUT2D eigenvalue weighted by atomic mass is 35.5. The lowest BCUT2D eigenvalue weighted by Gasteiger charge is -2.08. The lowest BCUT2D eigenvalue weighted by Crippen LogP contribution is -2.39. The molecule has 2 heterocycles. The van der Waals surface area contributed by atoms with Crippen molar-refractivity contribution in [3.63, 3.8) is 0 Å². The second-order valence-electron chi connectivity index (χ2n) is 3.36. The molecule has 80 valence electrons. The van der Waals surface area contributed by atoms with Crippen LogP contribution in [-0.2, 0) is 20.0 Å². The number of hydrogen-bond acceptors (Lipinski definition) is 3. The summed E-state index contributed by atoms with van der Waals surface area (Å²) in [6.07, 6.45) is 0.323. The Bertz CT molecular complexity index is 568. The third kappa shape index (κ3) is 1.34. The Morgan fingerprint density at radius 2 is 2.13 bits per heavy atom. The predicted octanol–water partition coefficient (Wildman–Crippen LogP) is 0.392. The van der Waals surface area contributed by atoms with E-state index in [1.54, 1.807) is 0 Å². The molecule has 1 aromatic heterocycles. The van der Waals surface area contributed by atoms with Gasteiger partial charge in [0.15, 0.2) is 0 Å². The van der Waals surface area contributed by atoms with Gasteiger partial charge in [-0.15, -0.1) is 0 Å². The molecule has 0 unspecified atom stereocenters. The first-order valence-corrected chi connectivity index (χ1v) is 4.99. The van der Waals surface area contributed by atoms with Crippen molar-refractivity contribution in [1.29, 1.82) is 0 Å². The molecule has 0 aromatic carbocycles. The average Bonchev–Trinajstić information content (AvgIpc) is 2.58. The van der Waals surface area contributed by atoms with E-state index < -0.39 is 0 Å². The molecule has 15 heavy (non-hydrogen) atoms. The molecule has 0 bridgehead atoms. The summed E-state index contributed by atoms with van der Waals surface area (Å²) in [7, 11) is 1.46. The highest BCUT2D eigenvalue weighted by Crippen LogP contribution is 2.23. The Kier molecular flexibility index (Phi) is 2.26. The van der Waals surface area contributed by atoms with Crippen LogP contribution in [0.3, 0.4) is 0 Å². The zero-order chi connectivity index (χ0) is 11.2. The summed E-state index contributed by atoms with van der Waals surface area (Å²) in [5.41, 5.74) is -0.153. The molecule has 0 spiro atoms. The number of nitrogens with zero attached hydrogens (tertiary/aromatic N) is 3. The smallest absolute Gasteiger partial charge is 0.278 e. The summed E-state index contributed by atoms with van der Waals surface area (Å²) in [6.45, 7) is 2.30. The highest BCUT2D eigenvalue weighted by Gasteiger charge is 2.22. The van der Waals surface area contributed by atoms with Crippen molar-refractivity contribution in [3.8, 4) is 0 Å². The maximum atomic E-state index is 11.7. The zero-order valence-electron chi connectivity index (χ0n) is 8.45. The number of hydrogen-bond donors (Lipinski definition) is 0. The molecule has 1 aliphatic heterocycles. The predicted molar refractivity (Wildman–Crippen MR) is 58.3 cm³/mol. The van der Waals surface area contributed by atoms with Crippen LogP contribution in [0.15, 0.2) is 14.6 Å². The van der Waals surface area contributed by atoms with Gasteiger partial charge in [-0.2, -0.15) is 0 Å². The summed E-state index contributed by atoms with van der Waals surface area (Å²) in [6, 6.07) is 0. The zero-order valence-corrected chi connectivity index (χ0v) is 9.21. The van der Waals surface area contributed by atoms with Gasteiger partial charge in [-0.05, 0) is 6.92 Å². The van der Waals surface area contributed by atoms with Crippen LogP contribution in [0.4, 0.5) is 5.82 Å². The summed E-state index contributed by atoms with van der Waals surface area (Å²) in [5, 5.41) is 0.356. The fourth-order valence-electron chi connectivity index (χ4n) is 1.69. The van der Waals surface area contributed by atoms with Gasteiger partial charge in [0.1, 0.15) is 11.0 Å². The van der Waals surface area contributed by atoms with E-state index in [1.165, 1.54) is 11.6 Å². The largest absolute Gasteiger partial charge is 0.332 e. The SMILES string of the molecule is CCn1c2c(c(=O)n(C)c1=O)CC(Cl)=N2.